The minimum absolute atomic E-state index is 0.00756. The molecule has 2 aromatic rings. The standard InChI is InChI=1S/C18H23N5OS/c19-14-3-1-2-12(14)10-22-18(24)16-11-23(8-9-25-16)15-5-7-21-17-13(15)4-6-20-17/h4-7,11-12,14H,1-3,8-10,19H2,(H,20,21)(H,22,24)/t12-,14-/m0/s1. The van der Waals surface area contributed by atoms with E-state index >= 15 is 0 Å². The molecular formula is C18H23N5OS. The van der Waals surface area contributed by atoms with Crippen LogP contribution in [0.15, 0.2) is 35.6 Å². The van der Waals surface area contributed by atoms with E-state index in [1.165, 1.54) is 6.42 Å². The molecule has 2 aromatic heterocycles. The number of aromatic nitrogens is 2. The molecule has 6 nitrogen and oxygen atoms in total. The lowest BCUT2D eigenvalue weighted by molar-refractivity contribution is -0.117. The second-order valence-corrected chi connectivity index (χ2v) is 7.81. The number of nitrogens with zero attached hydrogens (tertiary/aromatic N) is 2. The maximum atomic E-state index is 12.6. The smallest absolute Gasteiger partial charge is 0.259 e. The first kappa shape index (κ1) is 16.5. The van der Waals surface area contributed by atoms with Gasteiger partial charge in [-0.3, -0.25) is 4.79 Å². The Balaban J connectivity index is 1.48. The number of nitrogens with two attached hydrogens (primary N) is 1. The molecule has 0 bridgehead atoms. The highest BCUT2D eigenvalue weighted by Gasteiger charge is 2.25. The molecule has 1 saturated carbocycles. The third-order valence-electron chi connectivity index (χ3n) is 5.08. The van der Waals surface area contributed by atoms with Gasteiger partial charge in [0.2, 0.25) is 0 Å². The predicted molar refractivity (Wildman–Crippen MR) is 102 cm³/mol. The van der Waals surface area contributed by atoms with E-state index in [-0.39, 0.29) is 11.9 Å². The number of hydrogen-bond donors (Lipinski definition) is 3. The summed E-state index contributed by atoms with van der Waals surface area (Å²) in [4.78, 5) is 22.9. The molecule has 4 rings (SSSR count). The fourth-order valence-corrected chi connectivity index (χ4v) is 4.55. The first-order valence-corrected chi connectivity index (χ1v) is 9.78. The second kappa shape index (κ2) is 7.09. The number of carbonyl (C=O) groups excluding carboxylic acids is 1. The van der Waals surface area contributed by atoms with E-state index in [1.807, 2.05) is 24.5 Å². The van der Waals surface area contributed by atoms with Crippen LogP contribution in [-0.4, -0.2) is 40.8 Å². The lowest BCUT2D eigenvalue weighted by Gasteiger charge is -2.27. The molecule has 4 N–H and O–H groups in total. The molecular weight excluding hydrogens is 334 g/mol. The summed E-state index contributed by atoms with van der Waals surface area (Å²) in [6, 6.07) is 4.24. The first-order chi connectivity index (χ1) is 12.2. The highest BCUT2D eigenvalue weighted by Crippen LogP contribution is 2.30. The van der Waals surface area contributed by atoms with Crippen LogP contribution in [0.25, 0.3) is 11.0 Å². The molecule has 0 spiro atoms. The van der Waals surface area contributed by atoms with Crippen molar-refractivity contribution < 1.29 is 4.79 Å². The molecule has 0 saturated heterocycles. The summed E-state index contributed by atoms with van der Waals surface area (Å²) in [5.41, 5.74) is 8.04. The molecule has 1 amide bonds. The van der Waals surface area contributed by atoms with Gasteiger partial charge in [-0.1, -0.05) is 6.42 Å². The molecule has 7 heteroatoms. The zero-order chi connectivity index (χ0) is 17.2. The van der Waals surface area contributed by atoms with Crippen LogP contribution in [0.4, 0.5) is 5.69 Å². The van der Waals surface area contributed by atoms with Crippen LogP contribution in [0.2, 0.25) is 0 Å². The van der Waals surface area contributed by atoms with Crippen LogP contribution >= 0.6 is 11.8 Å². The van der Waals surface area contributed by atoms with E-state index in [0.29, 0.717) is 12.5 Å². The molecule has 0 unspecified atom stereocenters. The monoisotopic (exact) mass is 357 g/mol. The summed E-state index contributed by atoms with van der Waals surface area (Å²) < 4.78 is 0. The zero-order valence-corrected chi connectivity index (χ0v) is 14.9. The molecule has 2 aliphatic rings. The van der Waals surface area contributed by atoms with Crippen LogP contribution in [-0.2, 0) is 4.79 Å². The summed E-state index contributed by atoms with van der Waals surface area (Å²) >= 11 is 1.61. The molecule has 25 heavy (non-hydrogen) atoms. The van der Waals surface area contributed by atoms with Crippen LogP contribution in [0.1, 0.15) is 19.3 Å². The van der Waals surface area contributed by atoms with Crippen molar-refractivity contribution in [1.82, 2.24) is 15.3 Å². The maximum absolute atomic E-state index is 12.6. The Morgan fingerprint density at radius 2 is 2.36 bits per heavy atom. The summed E-state index contributed by atoms with van der Waals surface area (Å²) in [5, 5.41) is 4.15. The number of thioether (sulfide) groups is 1. The number of rotatable bonds is 4. The lowest BCUT2D eigenvalue weighted by atomic mass is 10.1. The highest BCUT2D eigenvalue weighted by atomic mass is 32.2. The van der Waals surface area contributed by atoms with Crippen LogP contribution in [0.5, 0.6) is 0 Å². The molecule has 1 aliphatic heterocycles. The number of nitrogens with one attached hydrogen (secondary N) is 2. The SMILES string of the molecule is N[C@H]1CCC[C@H]1CNC(=O)C1=CN(c2ccnc3[nH]ccc23)CCS1. The topological polar surface area (TPSA) is 87.0 Å². The van der Waals surface area contributed by atoms with Gasteiger partial charge in [-0.15, -0.1) is 11.8 Å². The van der Waals surface area contributed by atoms with Gasteiger partial charge in [0.15, 0.2) is 0 Å². The Morgan fingerprint density at radius 3 is 3.20 bits per heavy atom. The normalized spacial score (nSPS) is 23.7. The number of hydrogen-bond acceptors (Lipinski definition) is 5. The van der Waals surface area contributed by atoms with Crippen molar-refractivity contribution in [2.75, 3.05) is 23.7 Å². The van der Waals surface area contributed by atoms with E-state index in [0.717, 1.165) is 46.8 Å². The van der Waals surface area contributed by atoms with Crippen LogP contribution < -0.4 is 16.0 Å². The minimum atomic E-state index is 0.00756. The van der Waals surface area contributed by atoms with Gasteiger partial charge in [-0.2, -0.15) is 0 Å². The summed E-state index contributed by atoms with van der Waals surface area (Å²) in [6.45, 7) is 1.55. The molecule has 2 atom stereocenters. The van der Waals surface area contributed by atoms with Gasteiger partial charge in [0.25, 0.3) is 5.91 Å². The van der Waals surface area contributed by atoms with Gasteiger partial charge in [-0.25, -0.2) is 4.98 Å². The van der Waals surface area contributed by atoms with Crippen molar-refractivity contribution in [1.29, 1.82) is 0 Å². The Kier molecular flexibility index (Phi) is 4.67. The minimum Gasteiger partial charge on any atom is -0.351 e. The molecule has 132 valence electrons. The predicted octanol–water partition coefficient (Wildman–Crippen LogP) is 2.20. The van der Waals surface area contributed by atoms with Gasteiger partial charge in [0.05, 0.1) is 10.6 Å². The third kappa shape index (κ3) is 3.39. The fraction of sp³-hybridized carbons (Fsp3) is 0.444. The average Bonchev–Trinajstić information content (AvgIpc) is 3.28. The third-order valence-corrected chi connectivity index (χ3v) is 6.06. The van der Waals surface area contributed by atoms with Gasteiger partial charge < -0.3 is 20.9 Å². The summed E-state index contributed by atoms with van der Waals surface area (Å²) in [7, 11) is 0. The molecule has 3 heterocycles. The lowest BCUT2D eigenvalue weighted by Crippen LogP contribution is -2.37. The Bertz CT molecular complexity index is 802. The van der Waals surface area contributed by atoms with Gasteiger partial charge in [-0.05, 0) is 30.9 Å². The molecule has 0 radical (unpaired) electrons. The summed E-state index contributed by atoms with van der Waals surface area (Å²) in [5.74, 6) is 1.30. The van der Waals surface area contributed by atoms with Crippen molar-refractivity contribution in [3.05, 3.63) is 35.6 Å². The number of pyridine rings is 1. The van der Waals surface area contributed by atoms with Crippen molar-refractivity contribution in [2.24, 2.45) is 11.7 Å². The number of fused-ring (bicyclic) bond motifs is 1. The number of aromatic amines is 1. The largest absolute Gasteiger partial charge is 0.351 e. The van der Waals surface area contributed by atoms with Gasteiger partial charge in [0.1, 0.15) is 5.65 Å². The van der Waals surface area contributed by atoms with Crippen molar-refractivity contribution >= 4 is 34.4 Å². The van der Waals surface area contributed by atoms with Crippen molar-refractivity contribution in [2.45, 2.75) is 25.3 Å². The quantitative estimate of drug-likeness (QED) is 0.781. The van der Waals surface area contributed by atoms with E-state index in [9.17, 15) is 4.79 Å². The number of carbonyl (C=O) groups is 1. The average molecular weight is 357 g/mol. The molecule has 1 fully saturated rings. The number of H-pyrrole nitrogens is 1. The number of amides is 1. The van der Waals surface area contributed by atoms with Crippen molar-refractivity contribution in [3.63, 3.8) is 0 Å². The number of anilines is 1. The Labute approximate surface area is 151 Å². The van der Waals surface area contributed by atoms with E-state index in [4.69, 9.17) is 5.73 Å². The highest BCUT2D eigenvalue weighted by molar-refractivity contribution is 8.04. The van der Waals surface area contributed by atoms with Gasteiger partial charge >= 0.3 is 0 Å². The van der Waals surface area contributed by atoms with E-state index in [2.05, 4.69) is 20.2 Å². The first-order valence-electron chi connectivity index (χ1n) is 8.79. The van der Waals surface area contributed by atoms with Crippen molar-refractivity contribution in [3.8, 4) is 0 Å². The Morgan fingerprint density at radius 1 is 1.44 bits per heavy atom. The maximum Gasteiger partial charge on any atom is 0.259 e. The molecule has 0 aromatic carbocycles. The molecule has 1 aliphatic carbocycles. The van der Waals surface area contributed by atoms with Crippen LogP contribution in [0, 0.1) is 5.92 Å². The van der Waals surface area contributed by atoms with E-state index in [1.54, 1.807) is 18.0 Å². The fourth-order valence-electron chi connectivity index (χ4n) is 3.64. The zero-order valence-electron chi connectivity index (χ0n) is 14.1. The second-order valence-electron chi connectivity index (χ2n) is 6.67. The Hall–Kier alpha value is -1.99. The van der Waals surface area contributed by atoms with Gasteiger partial charge in [0, 0.05) is 48.9 Å². The van der Waals surface area contributed by atoms with Crippen LogP contribution in [0.3, 0.4) is 0 Å². The summed E-state index contributed by atoms with van der Waals surface area (Å²) in [6.07, 6.45) is 9.00. The van der Waals surface area contributed by atoms with E-state index < -0.39 is 0 Å².